The fraction of sp³-hybridized carbons (Fsp3) is 0.647. The highest BCUT2D eigenvalue weighted by Gasteiger charge is 2.35. The van der Waals surface area contributed by atoms with Crippen molar-refractivity contribution in [2.75, 3.05) is 20.7 Å². The van der Waals surface area contributed by atoms with Crippen LogP contribution < -0.4 is 10.1 Å². The zero-order valence-corrected chi connectivity index (χ0v) is 12.8. The van der Waals surface area contributed by atoms with Crippen LogP contribution in [-0.2, 0) is 5.41 Å². The highest BCUT2D eigenvalue weighted by Crippen LogP contribution is 2.42. The maximum Gasteiger partial charge on any atom is 0.122 e. The van der Waals surface area contributed by atoms with Crippen molar-refractivity contribution in [2.24, 2.45) is 0 Å². The highest BCUT2D eigenvalue weighted by atomic mass is 16.5. The van der Waals surface area contributed by atoms with Crippen LogP contribution in [-0.4, -0.2) is 20.7 Å². The molecule has 1 saturated carbocycles. The third kappa shape index (κ3) is 2.79. The van der Waals surface area contributed by atoms with Gasteiger partial charge in [0.1, 0.15) is 5.75 Å². The molecule has 106 valence electrons. The Hall–Kier alpha value is -1.02. The molecule has 19 heavy (non-hydrogen) atoms. The molecule has 0 spiro atoms. The predicted octanol–water partition coefficient (Wildman–Crippen LogP) is 3.85. The smallest absolute Gasteiger partial charge is 0.122 e. The van der Waals surface area contributed by atoms with Crippen molar-refractivity contribution in [3.05, 3.63) is 29.3 Å². The summed E-state index contributed by atoms with van der Waals surface area (Å²) in [5, 5.41) is 3.39. The average molecular weight is 261 g/mol. The summed E-state index contributed by atoms with van der Waals surface area (Å²) in [6, 6.07) is 6.81. The lowest BCUT2D eigenvalue weighted by Gasteiger charge is -2.30. The molecule has 0 atom stereocenters. The predicted molar refractivity (Wildman–Crippen MR) is 81.2 cm³/mol. The molecule has 0 bridgehead atoms. The molecule has 0 heterocycles. The first-order valence-electron chi connectivity index (χ1n) is 7.46. The van der Waals surface area contributed by atoms with Crippen molar-refractivity contribution in [1.82, 2.24) is 5.32 Å². The number of likely N-dealkylation sites (N-methyl/N-ethyl adjacent to an activating group) is 1. The fourth-order valence-corrected chi connectivity index (χ4v) is 3.47. The van der Waals surface area contributed by atoms with E-state index < -0.39 is 0 Å². The van der Waals surface area contributed by atoms with Gasteiger partial charge in [-0.25, -0.2) is 0 Å². The van der Waals surface area contributed by atoms with E-state index in [0.717, 1.165) is 12.3 Å². The van der Waals surface area contributed by atoms with E-state index >= 15 is 0 Å². The zero-order valence-electron chi connectivity index (χ0n) is 12.8. The lowest BCUT2D eigenvalue weighted by molar-refractivity contribution is 0.401. The third-order valence-corrected chi connectivity index (χ3v) is 4.54. The minimum absolute atomic E-state index is 0.338. The fourth-order valence-electron chi connectivity index (χ4n) is 3.47. The molecule has 1 aliphatic rings. The Morgan fingerprint density at radius 3 is 2.47 bits per heavy atom. The Balaban J connectivity index is 2.41. The molecular weight excluding hydrogens is 234 g/mol. The van der Waals surface area contributed by atoms with E-state index in [1.54, 1.807) is 7.11 Å². The monoisotopic (exact) mass is 261 g/mol. The third-order valence-electron chi connectivity index (χ3n) is 4.54. The second-order valence-corrected chi connectivity index (χ2v) is 6.13. The first-order chi connectivity index (χ1) is 9.13. The Labute approximate surface area is 117 Å². The summed E-state index contributed by atoms with van der Waals surface area (Å²) in [4.78, 5) is 0. The van der Waals surface area contributed by atoms with Gasteiger partial charge in [-0.05, 0) is 43.0 Å². The largest absolute Gasteiger partial charge is 0.496 e. The van der Waals surface area contributed by atoms with Crippen LogP contribution in [0.1, 0.15) is 56.6 Å². The Morgan fingerprint density at radius 1 is 1.26 bits per heavy atom. The topological polar surface area (TPSA) is 21.3 Å². The zero-order chi connectivity index (χ0) is 13.9. The Bertz CT molecular complexity index is 419. The quantitative estimate of drug-likeness (QED) is 0.869. The molecular formula is C17H27NO. The minimum atomic E-state index is 0.338. The molecule has 0 radical (unpaired) electrons. The van der Waals surface area contributed by atoms with Gasteiger partial charge in [0.25, 0.3) is 0 Å². The Morgan fingerprint density at radius 2 is 1.95 bits per heavy atom. The summed E-state index contributed by atoms with van der Waals surface area (Å²) in [6.45, 7) is 5.55. The first-order valence-corrected chi connectivity index (χ1v) is 7.46. The van der Waals surface area contributed by atoms with E-state index in [4.69, 9.17) is 4.74 Å². The van der Waals surface area contributed by atoms with Crippen LogP contribution in [0.2, 0.25) is 0 Å². The van der Waals surface area contributed by atoms with Crippen molar-refractivity contribution < 1.29 is 4.74 Å². The number of nitrogens with one attached hydrogen (secondary N) is 1. The van der Waals surface area contributed by atoms with Crippen LogP contribution in [0.3, 0.4) is 0 Å². The molecule has 0 saturated heterocycles. The molecule has 1 aliphatic carbocycles. The van der Waals surface area contributed by atoms with E-state index in [2.05, 4.69) is 44.4 Å². The first kappa shape index (κ1) is 14.4. The number of hydrogen-bond acceptors (Lipinski definition) is 2. The summed E-state index contributed by atoms with van der Waals surface area (Å²) >= 11 is 0. The number of ether oxygens (including phenoxy) is 1. The maximum absolute atomic E-state index is 5.50. The van der Waals surface area contributed by atoms with Gasteiger partial charge >= 0.3 is 0 Å². The number of rotatable bonds is 5. The van der Waals surface area contributed by atoms with Gasteiger partial charge in [0.2, 0.25) is 0 Å². The molecule has 1 N–H and O–H groups in total. The van der Waals surface area contributed by atoms with Gasteiger partial charge in [0.05, 0.1) is 7.11 Å². The molecule has 2 rings (SSSR count). The molecule has 0 amide bonds. The van der Waals surface area contributed by atoms with Crippen LogP contribution in [0.4, 0.5) is 0 Å². The molecule has 1 aromatic rings. The van der Waals surface area contributed by atoms with Crippen LogP contribution in [0, 0.1) is 0 Å². The van der Waals surface area contributed by atoms with Crippen LogP contribution in [0.15, 0.2) is 18.2 Å². The number of methoxy groups -OCH3 is 1. The summed E-state index contributed by atoms with van der Waals surface area (Å²) in [5.74, 6) is 1.53. The van der Waals surface area contributed by atoms with Crippen LogP contribution in [0.25, 0.3) is 0 Å². The van der Waals surface area contributed by atoms with Gasteiger partial charge in [0, 0.05) is 12.0 Å². The summed E-state index contributed by atoms with van der Waals surface area (Å²) < 4.78 is 5.50. The van der Waals surface area contributed by atoms with Gasteiger partial charge in [-0.1, -0.05) is 38.8 Å². The van der Waals surface area contributed by atoms with Gasteiger partial charge in [0.15, 0.2) is 0 Å². The van der Waals surface area contributed by atoms with E-state index in [1.807, 2.05) is 0 Å². The average Bonchev–Trinajstić information content (AvgIpc) is 2.88. The SMILES string of the molecule is CNCC1(c2ccc(OC)c(C(C)C)c2)CCCC1. The normalized spacial score (nSPS) is 17.9. The van der Waals surface area contributed by atoms with Crippen LogP contribution in [0.5, 0.6) is 5.75 Å². The summed E-state index contributed by atoms with van der Waals surface area (Å²) in [6.07, 6.45) is 5.31. The van der Waals surface area contributed by atoms with Crippen molar-refractivity contribution in [3.63, 3.8) is 0 Å². The lowest BCUT2D eigenvalue weighted by atomic mass is 9.77. The summed E-state index contributed by atoms with van der Waals surface area (Å²) in [5.41, 5.74) is 3.16. The van der Waals surface area contributed by atoms with Gasteiger partial charge in [-0.15, -0.1) is 0 Å². The van der Waals surface area contributed by atoms with E-state index in [0.29, 0.717) is 11.3 Å². The van der Waals surface area contributed by atoms with E-state index in [1.165, 1.54) is 36.8 Å². The maximum atomic E-state index is 5.50. The molecule has 0 aliphatic heterocycles. The second kappa shape index (κ2) is 5.96. The van der Waals surface area contributed by atoms with Crippen LogP contribution >= 0.6 is 0 Å². The van der Waals surface area contributed by atoms with Gasteiger partial charge in [-0.3, -0.25) is 0 Å². The van der Waals surface area contributed by atoms with Gasteiger partial charge < -0.3 is 10.1 Å². The second-order valence-electron chi connectivity index (χ2n) is 6.13. The van der Waals surface area contributed by atoms with Crippen molar-refractivity contribution >= 4 is 0 Å². The molecule has 1 fully saturated rings. The standard InChI is InChI=1S/C17H27NO/c1-13(2)15-11-14(7-8-16(15)19-4)17(12-18-3)9-5-6-10-17/h7-8,11,13,18H,5-6,9-10,12H2,1-4H3. The van der Waals surface area contributed by atoms with Gasteiger partial charge in [-0.2, -0.15) is 0 Å². The Kier molecular flexibility index (Phi) is 4.51. The van der Waals surface area contributed by atoms with Crippen molar-refractivity contribution in [3.8, 4) is 5.75 Å². The van der Waals surface area contributed by atoms with Crippen molar-refractivity contribution in [1.29, 1.82) is 0 Å². The highest BCUT2D eigenvalue weighted by molar-refractivity contribution is 5.42. The molecule has 2 heteroatoms. The minimum Gasteiger partial charge on any atom is -0.496 e. The molecule has 0 aromatic heterocycles. The molecule has 2 nitrogen and oxygen atoms in total. The molecule has 1 aromatic carbocycles. The number of hydrogen-bond donors (Lipinski definition) is 1. The molecule has 0 unspecified atom stereocenters. The summed E-state index contributed by atoms with van der Waals surface area (Å²) in [7, 11) is 3.83. The lowest BCUT2D eigenvalue weighted by Crippen LogP contribution is -2.34. The van der Waals surface area contributed by atoms with E-state index in [9.17, 15) is 0 Å². The number of benzene rings is 1. The van der Waals surface area contributed by atoms with E-state index in [-0.39, 0.29) is 0 Å². The van der Waals surface area contributed by atoms with Crippen molar-refractivity contribution in [2.45, 2.75) is 50.9 Å².